The molecule has 1 aliphatic rings. The summed E-state index contributed by atoms with van der Waals surface area (Å²) in [5, 5.41) is 8.66. The molecule has 2 aromatic heterocycles. The SMILES string of the molecule is CCC(C)n1ncc2c(C(=O)N3CCNC[C@H]3C)cc(C)nc21.Cl.Cl. The predicted molar refractivity (Wildman–Crippen MR) is 105 cm³/mol. The first-order valence-electron chi connectivity index (χ1n) is 8.39. The number of fused-ring (bicyclic) bond motifs is 1. The van der Waals surface area contributed by atoms with Gasteiger partial charge in [-0.1, -0.05) is 6.92 Å². The highest BCUT2D eigenvalue weighted by Gasteiger charge is 2.26. The molecule has 8 heteroatoms. The van der Waals surface area contributed by atoms with Crippen molar-refractivity contribution in [2.24, 2.45) is 0 Å². The van der Waals surface area contributed by atoms with Crippen LogP contribution in [0.3, 0.4) is 0 Å². The number of halogens is 2. The summed E-state index contributed by atoms with van der Waals surface area (Å²) >= 11 is 0. The van der Waals surface area contributed by atoms with Gasteiger partial charge in [-0.05, 0) is 33.3 Å². The molecule has 3 rings (SSSR count). The van der Waals surface area contributed by atoms with Crippen molar-refractivity contribution in [3.63, 3.8) is 0 Å². The normalized spacial score (nSPS) is 18.4. The number of aromatic nitrogens is 3. The lowest BCUT2D eigenvalue weighted by molar-refractivity contribution is 0.0657. The van der Waals surface area contributed by atoms with Crippen LogP contribution in [0.5, 0.6) is 0 Å². The highest BCUT2D eigenvalue weighted by molar-refractivity contribution is 6.05. The van der Waals surface area contributed by atoms with Gasteiger partial charge in [0.15, 0.2) is 5.65 Å². The van der Waals surface area contributed by atoms with E-state index in [1.807, 2.05) is 22.6 Å². The maximum Gasteiger partial charge on any atom is 0.255 e. The fraction of sp³-hybridized carbons (Fsp3) is 0.588. The van der Waals surface area contributed by atoms with Crippen molar-refractivity contribution in [3.8, 4) is 0 Å². The second kappa shape index (κ2) is 8.83. The van der Waals surface area contributed by atoms with Crippen LogP contribution in [0.4, 0.5) is 0 Å². The molecule has 0 aliphatic carbocycles. The van der Waals surface area contributed by atoms with Crippen LogP contribution in [0.1, 0.15) is 49.3 Å². The van der Waals surface area contributed by atoms with Gasteiger partial charge < -0.3 is 10.2 Å². The Balaban J connectivity index is 0.00000156. The Morgan fingerprint density at radius 2 is 2.16 bits per heavy atom. The predicted octanol–water partition coefficient (Wildman–Crippen LogP) is 2.99. The number of carbonyl (C=O) groups is 1. The number of nitrogens with zero attached hydrogens (tertiary/aromatic N) is 4. The van der Waals surface area contributed by atoms with E-state index >= 15 is 0 Å². The summed E-state index contributed by atoms with van der Waals surface area (Å²) in [5.74, 6) is 0.0817. The molecule has 6 nitrogen and oxygen atoms in total. The quantitative estimate of drug-likeness (QED) is 0.878. The average molecular weight is 388 g/mol. The lowest BCUT2D eigenvalue weighted by atomic mass is 10.1. The molecule has 1 fully saturated rings. The first kappa shape index (κ1) is 21.7. The standard InChI is InChI=1S/C17H25N5O.2ClH/c1-5-12(3)22-16-15(10-19-22)14(8-11(2)20-16)17(23)21-7-6-18-9-13(21)4;;/h8,10,12-13,18H,5-7,9H2,1-4H3;2*1H/t12?,13-;;/m1../s1. The Bertz CT molecular complexity index is 733. The molecule has 140 valence electrons. The number of amides is 1. The van der Waals surface area contributed by atoms with Crippen molar-refractivity contribution in [3.05, 3.63) is 23.5 Å². The van der Waals surface area contributed by atoms with Crippen molar-refractivity contribution >= 4 is 41.8 Å². The topological polar surface area (TPSA) is 63.1 Å². The van der Waals surface area contributed by atoms with Gasteiger partial charge in [-0.15, -0.1) is 24.8 Å². The molecule has 0 radical (unpaired) electrons. The number of hydrogen-bond acceptors (Lipinski definition) is 4. The van der Waals surface area contributed by atoms with Crippen LogP contribution >= 0.6 is 24.8 Å². The number of carbonyl (C=O) groups excluding carboxylic acids is 1. The molecule has 0 spiro atoms. The second-order valence-electron chi connectivity index (χ2n) is 6.45. The van der Waals surface area contributed by atoms with E-state index in [4.69, 9.17) is 0 Å². The molecule has 3 heterocycles. The number of pyridine rings is 1. The van der Waals surface area contributed by atoms with Crippen molar-refractivity contribution < 1.29 is 4.79 Å². The summed E-state index contributed by atoms with van der Waals surface area (Å²) in [6.07, 6.45) is 2.76. The molecular formula is C17H27Cl2N5O. The largest absolute Gasteiger partial charge is 0.333 e. The van der Waals surface area contributed by atoms with Gasteiger partial charge in [0.2, 0.25) is 0 Å². The first-order chi connectivity index (χ1) is 11.0. The summed E-state index contributed by atoms with van der Waals surface area (Å²) < 4.78 is 1.93. The molecule has 0 aromatic carbocycles. The minimum absolute atomic E-state index is 0. The number of piperazine rings is 1. The van der Waals surface area contributed by atoms with Crippen LogP contribution in [0.15, 0.2) is 12.3 Å². The van der Waals surface area contributed by atoms with Gasteiger partial charge in [-0.3, -0.25) is 4.79 Å². The summed E-state index contributed by atoms with van der Waals surface area (Å²) in [5.41, 5.74) is 2.38. The monoisotopic (exact) mass is 387 g/mol. The van der Waals surface area contributed by atoms with Crippen LogP contribution in [-0.2, 0) is 0 Å². The summed E-state index contributed by atoms with van der Waals surface area (Å²) in [6.45, 7) is 10.7. The van der Waals surface area contributed by atoms with Crippen LogP contribution in [-0.4, -0.2) is 51.2 Å². The number of hydrogen-bond donors (Lipinski definition) is 1. The molecule has 1 aliphatic heterocycles. The Labute approximate surface area is 161 Å². The molecule has 1 N–H and O–H groups in total. The maximum atomic E-state index is 13.1. The van der Waals surface area contributed by atoms with Crippen LogP contribution in [0, 0.1) is 6.92 Å². The Morgan fingerprint density at radius 3 is 2.80 bits per heavy atom. The Morgan fingerprint density at radius 1 is 1.44 bits per heavy atom. The van der Waals surface area contributed by atoms with Crippen LogP contribution in [0.2, 0.25) is 0 Å². The minimum atomic E-state index is 0. The second-order valence-corrected chi connectivity index (χ2v) is 6.45. The zero-order valence-electron chi connectivity index (χ0n) is 15.2. The average Bonchev–Trinajstić information content (AvgIpc) is 2.96. The van der Waals surface area contributed by atoms with E-state index < -0.39 is 0 Å². The number of aryl methyl sites for hydroxylation is 1. The summed E-state index contributed by atoms with van der Waals surface area (Å²) in [4.78, 5) is 19.6. The fourth-order valence-electron chi connectivity index (χ4n) is 3.11. The van der Waals surface area contributed by atoms with Crippen LogP contribution in [0.25, 0.3) is 11.0 Å². The third-order valence-electron chi connectivity index (χ3n) is 4.70. The van der Waals surface area contributed by atoms with Crippen molar-refractivity contribution in [2.75, 3.05) is 19.6 Å². The van der Waals surface area contributed by atoms with Crippen molar-refractivity contribution in [1.29, 1.82) is 0 Å². The Kier molecular flexibility index (Phi) is 7.65. The molecule has 0 saturated carbocycles. The van der Waals surface area contributed by atoms with Gasteiger partial charge in [0.05, 0.1) is 23.2 Å². The fourth-order valence-corrected chi connectivity index (χ4v) is 3.11. The summed E-state index contributed by atoms with van der Waals surface area (Å²) in [6, 6.07) is 2.36. The van der Waals surface area contributed by atoms with Gasteiger partial charge in [-0.25, -0.2) is 9.67 Å². The van der Waals surface area contributed by atoms with Crippen molar-refractivity contribution in [1.82, 2.24) is 25.0 Å². The van der Waals surface area contributed by atoms with Crippen molar-refractivity contribution in [2.45, 2.75) is 46.2 Å². The first-order valence-corrected chi connectivity index (χ1v) is 8.39. The van der Waals surface area contributed by atoms with E-state index in [-0.39, 0.29) is 42.8 Å². The molecule has 0 bridgehead atoms. The van der Waals surface area contributed by atoms with E-state index in [0.29, 0.717) is 0 Å². The Hall–Kier alpha value is -1.37. The van der Waals surface area contributed by atoms with Crippen LogP contribution < -0.4 is 5.32 Å². The van der Waals surface area contributed by atoms with Gasteiger partial charge in [0, 0.05) is 31.4 Å². The third-order valence-corrected chi connectivity index (χ3v) is 4.70. The molecular weight excluding hydrogens is 361 g/mol. The lowest BCUT2D eigenvalue weighted by Gasteiger charge is -2.34. The van der Waals surface area contributed by atoms with E-state index in [1.165, 1.54) is 0 Å². The molecule has 1 saturated heterocycles. The molecule has 1 amide bonds. The molecule has 2 aromatic rings. The molecule has 1 unspecified atom stereocenters. The van der Waals surface area contributed by atoms with Gasteiger partial charge in [0.1, 0.15) is 0 Å². The van der Waals surface area contributed by atoms with Gasteiger partial charge in [0.25, 0.3) is 5.91 Å². The highest BCUT2D eigenvalue weighted by Crippen LogP contribution is 2.24. The summed E-state index contributed by atoms with van der Waals surface area (Å²) in [7, 11) is 0. The highest BCUT2D eigenvalue weighted by atomic mass is 35.5. The maximum absolute atomic E-state index is 13.1. The lowest BCUT2D eigenvalue weighted by Crippen LogP contribution is -2.52. The zero-order chi connectivity index (χ0) is 16.6. The third kappa shape index (κ3) is 4.07. The van der Waals surface area contributed by atoms with E-state index in [2.05, 4.69) is 36.2 Å². The number of rotatable bonds is 3. The molecule has 25 heavy (non-hydrogen) atoms. The van der Waals surface area contributed by atoms with E-state index in [9.17, 15) is 4.79 Å². The zero-order valence-corrected chi connectivity index (χ0v) is 16.8. The van der Waals surface area contributed by atoms with E-state index in [0.717, 1.165) is 48.3 Å². The minimum Gasteiger partial charge on any atom is -0.333 e. The smallest absolute Gasteiger partial charge is 0.255 e. The van der Waals surface area contributed by atoms with Gasteiger partial charge in [-0.2, -0.15) is 5.10 Å². The van der Waals surface area contributed by atoms with Gasteiger partial charge >= 0.3 is 0 Å². The molecule has 2 atom stereocenters. The number of nitrogens with one attached hydrogen (secondary N) is 1. The van der Waals surface area contributed by atoms with E-state index in [1.54, 1.807) is 6.20 Å².